The van der Waals surface area contributed by atoms with Gasteiger partial charge in [-0.25, -0.2) is 9.78 Å². The molecule has 23 heavy (non-hydrogen) atoms. The first-order chi connectivity index (χ1) is 10.9. The summed E-state index contributed by atoms with van der Waals surface area (Å²) in [7, 11) is 0. The third-order valence-corrected chi connectivity index (χ3v) is 4.34. The van der Waals surface area contributed by atoms with Crippen LogP contribution in [0.15, 0.2) is 4.42 Å². The summed E-state index contributed by atoms with van der Waals surface area (Å²) < 4.78 is 5.87. The van der Waals surface area contributed by atoms with Gasteiger partial charge < -0.3 is 15.1 Å². The molecule has 1 fully saturated rings. The van der Waals surface area contributed by atoms with Crippen LogP contribution in [0.25, 0.3) is 0 Å². The van der Waals surface area contributed by atoms with E-state index in [1.54, 1.807) is 0 Å². The van der Waals surface area contributed by atoms with Gasteiger partial charge in [-0.2, -0.15) is 0 Å². The molecule has 0 atom stereocenters. The van der Waals surface area contributed by atoms with Crippen molar-refractivity contribution in [3.63, 3.8) is 0 Å². The number of carbonyl (C=O) groups excluding carboxylic acids is 1. The fraction of sp³-hybridized carbons (Fsp3) is 0.778. The molecule has 2 amide bonds. The molecule has 0 spiro atoms. The Kier molecular flexibility index (Phi) is 6.08. The maximum absolute atomic E-state index is 11.9. The summed E-state index contributed by atoms with van der Waals surface area (Å²) in [6, 6.07) is 0.316. The Hall–Kier alpha value is -1.52. The van der Waals surface area contributed by atoms with Crippen molar-refractivity contribution in [3.05, 3.63) is 17.3 Å². The molecule has 1 aromatic rings. The highest BCUT2D eigenvalue weighted by Gasteiger charge is 2.22. The van der Waals surface area contributed by atoms with Gasteiger partial charge in [0, 0.05) is 24.4 Å². The summed E-state index contributed by atoms with van der Waals surface area (Å²) in [6.07, 6.45) is 7.64. The molecule has 130 valence electrons. The molecule has 1 heterocycles. The minimum absolute atomic E-state index is 0.0402. The third-order valence-electron chi connectivity index (χ3n) is 4.34. The van der Waals surface area contributed by atoms with Crippen molar-refractivity contribution in [2.24, 2.45) is 0 Å². The Morgan fingerprint density at radius 1 is 1.26 bits per heavy atom. The van der Waals surface area contributed by atoms with Crippen molar-refractivity contribution in [1.29, 1.82) is 0 Å². The monoisotopic (exact) mass is 321 g/mol. The minimum Gasteiger partial charge on any atom is -0.445 e. The number of amides is 2. The van der Waals surface area contributed by atoms with Crippen LogP contribution in [0.2, 0.25) is 0 Å². The average molecular weight is 321 g/mol. The molecule has 1 saturated carbocycles. The van der Waals surface area contributed by atoms with Crippen molar-refractivity contribution >= 4 is 6.03 Å². The number of carbonyl (C=O) groups is 1. The van der Waals surface area contributed by atoms with Gasteiger partial charge in [-0.1, -0.05) is 40.0 Å². The Labute approximate surface area is 139 Å². The topological polar surface area (TPSA) is 67.2 Å². The minimum atomic E-state index is -0.0683. The highest BCUT2D eigenvalue weighted by molar-refractivity contribution is 5.74. The fourth-order valence-corrected chi connectivity index (χ4v) is 2.91. The molecule has 2 N–H and O–H groups in total. The van der Waals surface area contributed by atoms with Gasteiger partial charge in [-0.15, -0.1) is 0 Å². The fourth-order valence-electron chi connectivity index (χ4n) is 2.91. The van der Waals surface area contributed by atoms with Crippen molar-refractivity contribution in [3.8, 4) is 0 Å². The Bertz CT molecular complexity index is 511. The number of rotatable bonds is 5. The van der Waals surface area contributed by atoms with Crippen LogP contribution < -0.4 is 10.6 Å². The molecule has 1 aromatic heterocycles. The average Bonchev–Trinajstić information content (AvgIpc) is 2.86. The number of aromatic nitrogens is 1. The van der Waals surface area contributed by atoms with E-state index in [2.05, 4.69) is 36.4 Å². The second-order valence-corrected chi connectivity index (χ2v) is 7.62. The number of hydrogen-bond acceptors (Lipinski definition) is 3. The molecular formula is C18H31N3O2. The van der Waals surface area contributed by atoms with Gasteiger partial charge in [0.05, 0.1) is 5.69 Å². The molecular weight excluding hydrogens is 290 g/mol. The van der Waals surface area contributed by atoms with Crippen LogP contribution in [-0.4, -0.2) is 23.6 Å². The quantitative estimate of drug-likeness (QED) is 0.810. The number of urea groups is 1. The second kappa shape index (κ2) is 7.84. The van der Waals surface area contributed by atoms with Crippen molar-refractivity contribution in [1.82, 2.24) is 15.6 Å². The van der Waals surface area contributed by atoms with Gasteiger partial charge in [0.25, 0.3) is 0 Å². The predicted octanol–water partition coefficient (Wildman–Crippen LogP) is 3.85. The molecule has 1 aliphatic carbocycles. The lowest BCUT2D eigenvalue weighted by atomic mass is 9.96. The summed E-state index contributed by atoms with van der Waals surface area (Å²) in [5.41, 5.74) is 0.891. The first kappa shape index (κ1) is 17.8. The highest BCUT2D eigenvalue weighted by atomic mass is 16.4. The summed E-state index contributed by atoms with van der Waals surface area (Å²) in [5, 5.41) is 6.01. The van der Waals surface area contributed by atoms with E-state index in [0.717, 1.165) is 43.0 Å². The van der Waals surface area contributed by atoms with Crippen LogP contribution in [0.3, 0.4) is 0 Å². The Morgan fingerprint density at radius 2 is 1.96 bits per heavy atom. The summed E-state index contributed by atoms with van der Waals surface area (Å²) in [4.78, 5) is 16.4. The van der Waals surface area contributed by atoms with E-state index >= 15 is 0 Å². The first-order valence-electron chi connectivity index (χ1n) is 8.87. The molecule has 0 saturated heterocycles. The summed E-state index contributed by atoms with van der Waals surface area (Å²) in [6.45, 7) is 8.93. The number of hydrogen-bond donors (Lipinski definition) is 2. The zero-order chi connectivity index (χ0) is 16.9. The van der Waals surface area contributed by atoms with Crippen LogP contribution in [0.4, 0.5) is 4.79 Å². The zero-order valence-electron chi connectivity index (χ0n) is 15.0. The van der Waals surface area contributed by atoms with Crippen LogP contribution in [-0.2, 0) is 11.8 Å². The van der Waals surface area contributed by atoms with Gasteiger partial charge in [0.2, 0.25) is 0 Å². The van der Waals surface area contributed by atoms with Gasteiger partial charge in [0.15, 0.2) is 5.89 Å². The molecule has 2 rings (SSSR count). The van der Waals surface area contributed by atoms with Crippen LogP contribution >= 0.6 is 0 Å². The number of nitrogens with one attached hydrogen (secondary N) is 2. The van der Waals surface area contributed by atoms with Gasteiger partial charge in [0.1, 0.15) is 5.76 Å². The largest absolute Gasteiger partial charge is 0.445 e. The molecule has 5 heteroatoms. The second-order valence-electron chi connectivity index (χ2n) is 7.62. The molecule has 5 nitrogen and oxygen atoms in total. The van der Waals surface area contributed by atoms with E-state index in [4.69, 9.17) is 4.42 Å². The van der Waals surface area contributed by atoms with E-state index < -0.39 is 0 Å². The predicted molar refractivity (Wildman–Crippen MR) is 91.7 cm³/mol. The summed E-state index contributed by atoms with van der Waals surface area (Å²) >= 11 is 0. The molecule has 0 bridgehead atoms. The van der Waals surface area contributed by atoms with Crippen LogP contribution in [0.1, 0.15) is 76.6 Å². The molecule has 0 radical (unpaired) electrons. The van der Waals surface area contributed by atoms with E-state index in [9.17, 15) is 4.79 Å². The van der Waals surface area contributed by atoms with Gasteiger partial charge in [-0.05, 0) is 26.2 Å². The van der Waals surface area contributed by atoms with Crippen LogP contribution in [0.5, 0.6) is 0 Å². The van der Waals surface area contributed by atoms with Crippen molar-refractivity contribution in [2.75, 3.05) is 6.54 Å². The maximum Gasteiger partial charge on any atom is 0.315 e. The lowest BCUT2D eigenvalue weighted by Crippen LogP contribution is -2.43. The lowest BCUT2D eigenvalue weighted by molar-refractivity contribution is 0.232. The smallest absolute Gasteiger partial charge is 0.315 e. The molecule has 1 aliphatic rings. The first-order valence-corrected chi connectivity index (χ1v) is 8.87. The SMILES string of the molecule is Cc1nc(C(C)(C)C)oc1CCCNC(=O)NC1CCCCC1. The third kappa shape index (κ3) is 5.56. The number of aryl methyl sites for hydroxylation is 2. The Morgan fingerprint density at radius 3 is 2.57 bits per heavy atom. The van der Waals surface area contributed by atoms with Crippen LogP contribution in [0, 0.1) is 6.92 Å². The van der Waals surface area contributed by atoms with E-state index in [-0.39, 0.29) is 11.4 Å². The number of oxazole rings is 1. The Balaban J connectivity index is 1.69. The van der Waals surface area contributed by atoms with E-state index in [0.29, 0.717) is 12.6 Å². The zero-order valence-corrected chi connectivity index (χ0v) is 15.0. The number of nitrogens with zero attached hydrogens (tertiary/aromatic N) is 1. The standard InChI is InChI=1S/C18H31N3O2/c1-13-15(23-16(20-13)18(2,3)4)11-8-12-19-17(22)21-14-9-6-5-7-10-14/h14H,5-12H2,1-4H3,(H2,19,21,22). The van der Waals surface area contributed by atoms with Gasteiger partial charge >= 0.3 is 6.03 Å². The van der Waals surface area contributed by atoms with E-state index in [1.165, 1.54) is 19.3 Å². The van der Waals surface area contributed by atoms with E-state index in [1.807, 2.05) is 6.92 Å². The van der Waals surface area contributed by atoms with Gasteiger partial charge in [-0.3, -0.25) is 0 Å². The molecule has 0 unspecified atom stereocenters. The van der Waals surface area contributed by atoms with Crippen molar-refractivity contribution < 1.29 is 9.21 Å². The normalized spacial score (nSPS) is 16.3. The maximum atomic E-state index is 11.9. The lowest BCUT2D eigenvalue weighted by Gasteiger charge is -2.22. The van der Waals surface area contributed by atoms with Crippen molar-refractivity contribution in [2.45, 2.75) is 84.1 Å². The molecule has 0 aromatic carbocycles. The molecule has 0 aliphatic heterocycles. The highest BCUT2D eigenvalue weighted by Crippen LogP contribution is 2.24. The summed E-state index contributed by atoms with van der Waals surface area (Å²) in [5.74, 6) is 1.72.